The third-order valence-electron chi connectivity index (χ3n) is 2.93. The Morgan fingerprint density at radius 3 is 2.90 bits per heavy atom. The molecule has 1 amide bonds. The molecule has 0 aliphatic carbocycles. The van der Waals surface area contributed by atoms with Crippen LogP contribution in [0.2, 0.25) is 0 Å². The van der Waals surface area contributed by atoms with Crippen LogP contribution >= 0.6 is 0 Å². The van der Waals surface area contributed by atoms with Gasteiger partial charge >= 0.3 is 0 Å². The first kappa shape index (κ1) is 12.5. The number of hydrogen-bond donors (Lipinski definition) is 0. The van der Waals surface area contributed by atoms with Crippen LogP contribution < -0.4 is 4.74 Å². The van der Waals surface area contributed by atoms with Crippen molar-refractivity contribution in [3.8, 4) is 17.5 Å². The Labute approximate surface area is 113 Å². The Morgan fingerprint density at radius 2 is 2.25 bits per heavy atom. The molecule has 0 saturated carbocycles. The molecular weight excluding hydrogens is 267 g/mol. The zero-order valence-corrected chi connectivity index (χ0v) is 10.6. The van der Waals surface area contributed by atoms with Crippen LogP contribution in [0.1, 0.15) is 0 Å². The van der Waals surface area contributed by atoms with Crippen molar-refractivity contribution in [1.82, 2.24) is 29.6 Å². The Balaban J connectivity index is 1.81. The largest absolute Gasteiger partial charge is 0.468 e. The lowest BCUT2D eigenvalue weighted by molar-refractivity contribution is -0.126. The molecule has 104 valence electrons. The molecule has 0 N–H and O–H groups in total. The van der Waals surface area contributed by atoms with Gasteiger partial charge in [-0.15, -0.1) is 0 Å². The molecule has 1 fully saturated rings. The second kappa shape index (κ2) is 4.83. The molecule has 3 heterocycles. The zero-order valence-electron chi connectivity index (χ0n) is 10.6. The van der Waals surface area contributed by atoms with Gasteiger partial charge in [-0.05, 0) is 0 Å². The monoisotopic (exact) mass is 278 g/mol. The maximum atomic E-state index is 13.6. The summed E-state index contributed by atoms with van der Waals surface area (Å²) in [4.78, 5) is 23.8. The molecule has 0 atom stereocenters. The lowest BCUT2D eigenvalue weighted by Gasteiger charge is -2.35. The van der Waals surface area contributed by atoms with Crippen molar-refractivity contribution in [2.45, 2.75) is 6.10 Å². The highest BCUT2D eigenvalue weighted by atomic mass is 19.1. The van der Waals surface area contributed by atoms with Gasteiger partial charge in [0.25, 0.3) is 5.88 Å². The molecule has 0 spiro atoms. The minimum absolute atomic E-state index is 0.145. The van der Waals surface area contributed by atoms with E-state index < -0.39 is 5.82 Å². The van der Waals surface area contributed by atoms with Crippen LogP contribution in [-0.4, -0.2) is 55.2 Å². The fraction of sp³-hybridized carbons (Fsp3) is 0.364. The Bertz CT molecular complexity index is 640. The fourth-order valence-electron chi connectivity index (χ4n) is 1.83. The van der Waals surface area contributed by atoms with E-state index in [4.69, 9.17) is 4.74 Å². The van der Waals surface area contributed by atoms with E-state index in [1.165, 1.54) is 15.9 Å². The second-order valence-electron chi connectivity index (χ2n) is 4.35. The van der Waals surface area contributed by atoms with E-state index in [1.807, 2.05) is 0 Å². The number of aryl methyl sites for hydroxylation is 1. The molecule has 0 radical (unpaired) electrons. The highest BCUT2D eigenvalue weighted by Crippen LogP contribution is 2.21. The highest BCUT2D eigenvalue weighted by molar-refractivity contribution is 5.49. The van der Waals surface area contributed by atoms with Crippen molar-refractivity contribution in [1.29, 1.82) is 0 Å². The summed E-state index contributed by atoms with van der Waals surface area (Å²) < 4.78 is 20.5. The van der Waals surface area contributed by atoms with Crippen molar-refractivity contribution >= 4 is 6.41 Å². The molecule has 1 aliphatic rings. The number of likely N-dealkylation sites (tertiary alicyclic amines) is 1. The molecular formula is C11H11FN6O2. The van der Waals surface area contributed by atoms with Gasteiger partial charge in [-0.25, -0.2) is 14.6 Å². The smallest absolute Gasteiger partial charge is 0.254 e. The van der Waals surface area contributed by atoms with Gasteiger partial charge in [0.15, 0.2) is 5.82 Å². The quantitative estimate of drug-likeness (QED) is 0.709. The van der Waals surface area contributed by atoms with Gasteiger partial charge in [-0.3, -0.25) is 4.79 Å². The number of nitrogens with zero attached hydrogens (tertiary/aromatic N) is 6. The first-order valence-corrected chi connectivity index (χ1v) is 5.90. The minimum Gasteiger partial charge on any atom is -0.468 e. The number of amides is 1. The summed E-state index contributed by atoms with van der Waals surface area (Å²) in [5, 5.41) is 3.90. The van der Waals surface area contributed by atoms with Gasteiger partial charge in [-0.2, -0.15) is 14.5 Å². The van der Waals surface area contributed by atoms with Crippen LogP contribution in [0.4, 0.5) is 4.39 Å². The van der Waals surface area contributed by atoms with Gasteiger partial charge < -0.3 is 9.64 Å². The number of aromatic nitrogens is 5. The maximum Gasteiger partial charge on any atom is 0.254 e. The van der Waals surface area contributed by atoms with Crippen molar-refractivity contribution in [3.05, 3.63) is 18.3 Å². The Kier molecular flexibility index (Phi) is 3.01. The summed E-state index contributed by atoms with van der Waals surface area (Å²) in [5.41, 5.74) is 0. The molecule has 20 heavy (non-hydrogen) atoms. The predicted octanol–water partition coefficient (Wildman–Crippen LogP) is -0.369. The molecule has 8 nitrogen and oxygen atoms in total. The number of ether oxygens (including phenoxy) is 1. The van der Waals surface area contributed by atoms with E-state index in [2.05, 4.69) is 20.1 Å². The zero-order chi connectivity index (χ0) is 14.1. The standard InChI is InChI=1S/C11H11FN6O2/c1-17-10(14-5-15-17)9-13-2-8(12)11(16-9)20-7-3-18(4-7)6-19/h2,5-7H,3-4H2,1H3. The number of rotatable bonds is 4. The predicted molar refractivity (Wildman–Crippen MR) is 64.0 cm³/mol. The van der Waals surface area contributed by atoms with Crippen LogP contribution in [0.5, 0.6) is 5.88 Å². The average Bonchev–Trinajstić information content (AvgIpc) is 2.81. The van der Waals surface area contributed by atoms with Crippen LogP contribution in [0, 0.1) is 5.82 Å². The van der Waals surface area contributed by atoms with Gasteiger partial charge in [0.05, 0.1) is 19.3 Å². The lowest BCUT2D eigenvalue weighted by Crippen LogP contribution is -2.53. The summed E-state index contributed by atoms with van der Waals surface area (Å²) in [6.45, 7) is 0.846. The van der Waals surface area contributed by atoms with Crippen molar-refractivity contribution in [3.63, 3.8) is 0 Å². The van der Waals surface area contributed by atoms with E-state index in [1.54, 1.807) is 7.05 Å². The minimum atomic E-state index is -0.652. The van der Waals surface area contributed by atoms with E-state index >= 15 is 0 Å². The molecule has 1 saturated heterocycles. The van der Waals surface area contributed by atoms with Crippen molar-refractivity contribution in [2.75, 3.05) is 13.1 Å². The fourth-order valence-corrected chi connectivity index (χ4v) is 1.83. The first-order chi connectivity index (χ1) is 9.67. The van der Waals surface area contributed by atoms with Gasteiger partial charge in [0.2, 0.25) is 18.1 Å². The molecule has 2 aromatic rings. The van der Waals surface area contributed by atoms with E-state index in [-0.39, 0.29) is 17.8 Å². The number of hydrogen-bond acceptors (Lipinski definition) is 6. The van der Waals surface area contributed by atoms with Crippen LogP contribution in [0.25, 0.3) is 11.6 Å². The van der Waals surface area contributed by atoms with E-state index in [0.717, 1.165) is 12.6 Å². The highest BCUT2D eigenvalue weighted by Gasteiger charge is 2.28. The van der Waals surface area contributed by atoms with E-state index in [0.29, 0.717) is 18.9 Å². The van der Waals surface area contributed by atoms with Crippen molar-refractivity contribution in [2.24, 2.45) is 7.05 Å². The lowest BCUT2D eigenvalue weighted by atomic mass is 10.2. The molecule has 9 heteroatoms. The summed E-state index contributed by atoms with van der Waals surface area (Å²) in [6.07, 6.45) is 2.86. The third kappa shape index (κ3) is 2.17. The number of halogens is 1. The number of carbonyl (C=O) groups is 1. The molecule has 1 aliphatic heterocycles. The van der Waals surface area contributed by atoms with Gasteiger partial charge in [0.1, 0.15) is 12.4 Å². The first-order valence-electron chi connectivity index (χ1n) is 5.90. The van der Waals surface area contributed by atoms with Crippen LogP contribution in [-0.2, 0) is 11.8 Å². The summed E-state index contributed by atoms with van der Waals surface area (Å²) in [5.74, 6) is -0.153. The molecule has 2 aromatic heterocycles. The van der Waals surface area contributed by atoms with Gasteiger partial charge in [-0.1, -0.05) is 0 Å². The second-order valence-corrected chi connectivity index (χ2v) is 4.35. The van der Waals surface area contributed by atoms with Crippen LogP contribution in [0.15, 0.2) is 12.5 Å². The number of carbonyl (C=O) groups excluding carboxylic acids is 1. The average molecular weight is 278 g/mol. The molecule has 3 rings (SSSR count). The molecule has 0 unspecified atom stereocenters. The summed E-state index contributed by atoms with van der Waals surface area (Å²) >= 11 is 0. The van der Waals surface area contributed by atoms with Crippen LogP contribution in [0.3, 0.4) is 0 Å². The normalized spacial score (nSPS) is 15.0. The Morgan fingerprint density at radius 1 is 1.45 bits per heavy atom. The summed E-state index contributed by atoms with van der Waals surface area (Å²) in [7, 11) is 1.68. The van der Waals surface area contributed by atoms with Crippen molar-refractivity contribution < 1.29 is 13.9 Å². The topological polar surface area (TPSA) is 86.0 Å². The third-order valence-corrected chi connectivity index (χ3v) is 2.93. The maximum absolute atomic E-state index is 13.6. The molecule has 0 bridgehead atoms. The van der Waals surface area contributed by atoms with Gasteiger partial charge in [0, 0.05) is 7.05 Å². The Hall–Kier alpha value is -2.58. The molecule has 0 aromatic carbocycles. The van der Waals surface area contributed by atoms with E-state index in [9.17, 15) is 9.18 Å². The summed E-state index contributed by atoms with van der Waals surface area (Å²) in [6, 6.07) is 0. The SMILES string of the molecule is Cn1ncnc1-c1ncc(F)c(OC2CN(C=O)C2)n1.